The zero-order valence-electron chi connectivity index (χ0n) is 10.8. The molecule has 16 heavy (non-hydrogen) atoms. The number of likely N-dealkylation sites (tertiary alicyclic amines) is 1. The van der Waals surface area contributed by atoms with E-state index in [1.807, 2.05) is 0 Å². The second-order valence-corrected chi connectivity index (χ2v) is 4.53. The van der Waals surface area contributed by atoms with Crippen LogP contribution in [0, 0.1) is 5.92 Å². The molecule has 1 aliphatic heterocycles. The van der Waals surface area contributed by atoms with Crippen molar-refractivity contribution in [2.75, 3.05) is 39.3 Å². The van der Waals surface area contributed by atoms with E-state index in [0.29, 0.717) is 5.92 Å². The molecule has 0 aromatic heterocycles. The predicted molar refractivity (Wildman–Crippen MR) is 68.3 cm³/mol. The molecular formula is C13H26N2O. The van der Waals surface area contributed by atoms with Crippen LogP contribution >= 0.6 is 0 Å². The summed E-state index contributed by atoms with van der Waals surface area (Å²) in [6, 6.07) is 0. The van der Waals surface area contributed by atoms with Crippen LogP contribution in [0.1, 0.15) is 26.7 Å². The van der Waals surface area contributed by atoms with Gasteiger partial charge in [0.05, 0.1) is 6.61 Å². The number of hydrogen-bond acceptors (Lipinski definition) is 3. The van der Waals surface area contributed by atoms with Gasteiger partial charge >= 0.3 is 0 Å². The number of rotatable bonds is 6. The van der Waals surface area contributed by atoms with Crippen molar-refractivity contribution in [1.29, 1.82) is 0 Å². The average molecular weight is 226 g/mol. The van der Waals surface area contributed by atoms with Gasteiger partial charge in [0.25, 0.3) is 0 Å². The van der Waals surface area contributed by atoms with Gasteiger partial charge in [-0.3, -0.25) is 0 Å². The van der Waals surface area contributed by atoms with Gasteiger partial charge in [-0.25, -0.2) is 0 Å². The molecule has 0 saturated carbocycles. The Balaban J connectivity index is 2.49. The van der Waals surface area contributed by atoms with Gasteiger partial charge < -0.3 is 14.9 Å². The fraction of sp³-hybridized carbons (Fsp3) is 0.846. The highest BCUT2D eigenvalue weighted by Gasteiger charge is 2.23. The maximum absolute atomic E-state index is 8.97. The zero-order chi connectivity index (χ0) is 12.0. The van der Waals surface area contributed by atoms with E-state index in [2.05, 4.69) is 30.2 Å². The van der Waals surface area contributed by atoms with Gasteiger partial charge in [-0.15, -0.1) is 0 Å². The van der Waals surface area contributed by atoms with Crippen LogP contribution in [-0.4, -0.2) is 54.2 Å². The Morgan fingerprint density at radius 1 is 1.44 bits per heavy atom. The lowest BCUT2D eigenvalue weighted by Crippen LogP contribution is -2.40. The second kappa shape index (κ2) is 6.92. The third-order valence-electron chi connectivity index (χ3n) is 3.56. The van der Waals surface area contributed by atoms with Gasteiger partial charge in [-0.2, -0.15) is 0 Å². The van der Waals surface area contributed by atoms with Crippen LogP contribution in [-0.2, 0) is 0 Å². The molecule has 0 amide bonds. The minimum absolute atomic E-state index is 0.268. The van der Waals surface area contributed by atoms with Crippen LogP contribution in [0.4, 0.5) is 0 Å². The number of β-amino-alcohol motifs (C(OH)–C–C–N with tert-alkyl or cyclic N) is 1. The van der Waals surface area contributed by atoms with Crippen molar-refractivity contribution in [3.8, 4) is 0 Å². The van der Waals surface area contributed by atoms with Gasteiger partial charge in [-0.05, 0) is 33.2 Å². The van der Waals surface area contributed by atoms with Crippen LogP contribution in [0.2, 0.25) is 0 Å². The van der Waals surface area contributed by atoms with Gasteiger partial charge in [-0.1, -0.05) is 6.58 Å². The Labute approximate surface area is 99.7 Å². The van der Waals surface area contributed by atoms with Crippen LogP contribution < -0.4 is 0 Å². The highest BCUT2D eigenvalue weighted by Crippen LogP contribution is 2.24. The summed E-state index contributed by atoms with van der Waals surface area (Å²) in [4.78, 5) is 4.70. The number of piperidine rings is 1. The Hall–Kier alpha value is -0.540. The minimum Gasteiger partial charge on any atom is -0.395 e. The molecule has 3 heteroatoms. The number of aliphatic hydroxyl groups excluding tert-OH is 1. The van der Waals surface area contributed by atoms with Crippen molar-refractivity contribution in [1.82, 2.24) is 9.80 Å². The molecule has 1 aliphatic rings. The first kappa shape index (κ1) is 13.5. The van der Waals surface area contributed by atoms with E-state index in [1.165, 1.54) is 18.5 Å². The van der Waals surface area contributed by atoms with Crippen molar-refractivity contribution in [3.05, 3.63) is 12.3 Å². The largest absolute Gasteiger partial charge is 0.395 e. The van der Waals surface area contributed by atoms with Crippen LogP contribution in [0.5, 0.6) is 0 Å². The van der Waals surface area contributed by atoms with Crippen molar-refractivity contribution in [3.63, 3.8) is 0 Å². The average Bonchev–Trinajstić information content (AvgIpc) is 2.31. The third kappa shape index (κ3) is 3.49. The quantitative estimate of drug-likeness (QED) is 0.744. The molecule has 0 aromatic carbocycles. The van der Waals surface area contributed by atoms with E-state index in [0.717, 1.165) is 32.7 Å². The number of hydrogen-bond donors (Lipinski definition) is 1. The molecular weight excluding hydrogens is 200 g/mol. The first-order chi connectivity index (χ1) is 7.72. The molecule has 0 radical (unpaired) electrons. The summed E-state index contributed by atoms with van der Waals surface area (Å²) in [5.41, 5.74) is 1.28. The van der Waals surface area contributed by atoms with Crippen molar-refractivity contribution < 1.29 is 5.11 Å². The normalized spacial score (nSPS) is 22.1. The van der Waals surface area contributed by atoms with Crippen molar-refractivity contribution >= 4 is 0 Å². The van der Waals surface area contributed by atoms with Crippen LogP contribution in [0.25, 0.3) is 0 Å². The maximum atomic E-state index is 8.97. The van der Waals surface area contributed by atoms with Gasteiger partial charge in [0.2, 0.25) is 0 Å². The van der Waals surface area contributed by atoms with Crippen molar-refractivity contribution in [2.24, 2.45) is 5.92 Å². The summed E-state index contributed by atoms with van der Waals surface area (Å²) in [5, 5.41) is 8.97. The van der Waals surface area contributed by atoms with Gasteiger partial charge in [0.15, 0.2) is 0 Å². The van der Waals surface area contributed by atoms with E-state index >= 15 is 0 Å². The SMILES string of the molecule is C=C(C1CCCN(CCO)C1)N(CC)CC. The molecule has 1 heterocycles. The van der Waals surface area contributed by atoms with Gasteiger partial charge in [0.1, 0.15) is 0 Å². The maximum Gasteiger partial charge on any atom is 0.0558 e. The molecule has 1 rings (SSSR count). The molecule has 3 nitrogen and oxygen atoms in total. The van der Waals surface area contributed by atoms with E-state index in [1.54, 1.807) is 0 Å². The summed E-state index contributed by atoms with van der Waals surface area (Å²) in [6.45, 7) is 14.0. The summed E-state index contributed by atoms with van der Waals surface area (Å²) >= 11 is 0. The van der Waals surface area contributed by atoms with E-state index < -0.39 is 0 Å². The molecule has 1 N–H and O–H groups in total. The molecule has 0 bridgehead atoms. The van der Waals surface area contributed by atoms with Crippen molar-refractivity contribution in [2.45, 2.75) is 26.7 Å². The lowest BCUT2D eigenvalue weighted by molar-refractivity contribution is 0.139. The Kier molecular flexibility index (Phi) is 5.85. The van der Waals surface area contributed by atoms with Crippen LogP contribution in [0.3, 0.4) is 0 Å². The Morgan fingerprint density at radius 3 is 2.69 bits per heavy atom. The topological polar surface area (TPSA) is 26.7 Å². The first-order valence-electron chi connectivity index (χ1n) is 6.49. The number of aliphatic hydroxyl groups is 1. The fourth-order valence-corrected chi connectivity index (χ4v) is 2.56. The molecule has 1 saturated heterocycles. The standard InChI is InChI=1S/C13H26N2O/c1-4-15(5-2)12(3)13-7-6-8-14(11-13)9-10-16/h13,16H,3-11H2,1-2H3. The molecule has 0 aromatic rings. The lowest BCUT2D eigenvalue weighted by atomic mass is 9.94. The summed E-state index contributed by atoms with van der Waals surface area (Å²) in [7, 11) is 0. The molecule has 1 atom stereocenters. The first-order valence-corrected chi connectivity index (χ1v) is 6.49. The molecule has 1 unspecified atom stereocenters. The molecule has 0 spiro atoms. The zero-order valence-corrected chi connectivity index (χ0v) is 10.8. The highest BCUT2D eigenvalue weighted by atomic mass is 16.3. The smallest absolute Gasteiger partial charge is 0.0558 e. The predicted octanol–water partition coefficient (Wildman–Crippen LogP) is 1.55. The third-order valence-corrected chi connectivity index (χ3v) is 3.56. The molecule has 94 valence electrons. The lowest BCUT2D eigenvalue weighted by Gasteiger charge is -2.37. The fourth-order valence-electron chi connectivity index (χ4n) is 2.56. The van der Waals surface area contributed by atoms with E-state index in [4.69, 9.17) is 5.11 Å². The monoisotopic (exact) mass is 226 g/mol. The summed E-state index contributed by atoms with van der Waals surface area (Å²) < 4.78 is 0. The molecule has 0 aliphatic carbocycles. The highest BCUT2D eigenvalue weighted by molar-refractivity contribution is 5.02. The number of nitrogens with zero attached hydrogens (tertiary/aromatic N) is 2. The summed E-state index contributed by atoms with van der Waals surface area (Å²) in [6.07, 6.45) is 2.47. The minimum atomic E-state index is 0.268. The molecule has 1 fully saturated rings. The van der Waals surface area contributed by atoms with E-state index in [-0.39, 0.29) is 6.61 Å². The summed E-state index contributed by atoms with van der Waals surface area (Å²) in [5.74, 6) is 0.584. The Morgan fingerprint density at radius 2 is 2.12 bits per heavy atom. The van der Waals surface area contributed by atoms with Gasteiger partial charge in [0, 0.05) is 37.8 Å². The Bertz CT molecular complexity index is 212. The second-order valence-electron chi connectivity index (χ2n) is 4.53. The van der Waals surface area contributed by atoms with E-state index in [9.17, 15) is 0 Å². The van der Waals surface area contributed by atoms with Crippen LogP contribution in [0.15, 0.2) is 12.3 Å².